The predicted octanol–water partition coefficient (Wildman–Crippen LogP) is 0.800. The number of nitrogens with zero attached hydrogens (tertiary/aromatic N) is 2. The average molecular weight is 285 g/mol. The molecule has 1 unspecified atom stereocenters. The number of ether oxygens (including phenoxy) is 1. The SMILES string of the molecule is CC(C)OCC(=O)NCC(C(C)C)N1CCN(C)CC1. The van der Waals surface area contributed by atoms with Crippen LogP contribution in [0.5, 0.6) is 0 Å². The van der Waals surface area contributed by atoms with Gasteiger partial charge in [0.15, 0.2) is 0 Å². The van der Waals surface area contributed by atoms with Gasteiger partial charge >= 0.3 is 0 Å². The molecule has 1 aliphatic heterocycles. The Morgan fingerprint density at radius 2 is 1.75 bits per heavy atom. The summed E-state index contributed by atoms with van der Waals surface area (Å²) in [5.74, 6) is 0.517. The van der Waals surface area contributed by atoms with Crippen LogP contribution in [0.15, 0.2) is 0 Å². The predicted molar refractivity (Wildman–Crippen MR) is 81.8 cm³/mol. The van der Waals surface area contributed by atoms with Gasteiger partial charge in [0.1, 0.15) is 6.61 Å². The van der Waals surface area contributed by atoms with E-state index in [0.29, 0.717) is 18.5 Å². The maximum atomic E-state index is 11.7. The molecule has 1 heterocycles. The standard InChI is InChI=1S/C15H31N3O2/c1-12(2)14(18-8-6-17(5)7-9-18)10-16-15(19)11-20-13(3)4/h12-14H,6-11H2,1-5H3,(H,16,19). The van der Waals surface area contributed by atoms with Gasteiger partial charge < -0.3 is 15.0 Å². The second kappa shape index (κ2) is 8.60. The second-order valence-electron chi connectivity index (χ2n) is 6.31. The molecule has 5 nitrogen and oxygen atoms in total. The second-order valence-corrected chi connectivity index (χ2v) is 6.31. The minimum Gasteiger partial charge on any atom is -0.369 e. The van der Waals surface area contributed by atoms with Crippen molar-refractivity contribution in [3.05, 3.63) is 0 Å². The zero-order chi connectivity index (χ0) is 15.1. The topological polar surface area (TPSA) is 44.8 Å². The summed E-state index contributed by atoms with van der Waals surface area (Å²) in [5.41, 5.74) is 0. The Bertz CT molecular complexity index is 287. The Labute approximate surface area is 123 Å². The van der Waals surface area contributed by atoms with E-state index in [2.05, 4.69) is 36.0 Å². The molecule has 0 radical (unpaired) electrons. The number of nitrogens with one attached hydrogen (secondary N) is 1. The van der Waals surface area contributed by atoms with Gasteiger partial charge in [-0.3, -0.25) is 9.69 Å². The van der Waals surface area contributed by atoms with Gasteiger partial charge in [0.2, 0.25) is 5.91 Å². The average Bonchev–Trinajstić information content (AvgIpc) is 2.38. The summed E-state index contributed by atoms with van der Waals surface area (Å²) < 4.78 is 5.32. The van der Waals surface area contributed by atoms with E-state index in [1.807, 2.05) is 13.8 Å². The monoisotopic (exact) mass is 285 g/mol. The minimum absolute atomic E-state index is 0.0153. The Morgan fingerprint density at radius 1 is 1.15 bits per heavy atom. The summed E-state index contributed by atoms with van der Waals surface area (Å²) >= 11 is 0. The largest absolute Gasteiger partial charge is 0.369 e. The number of amides is 1. The van der Waals surface area contributed by atoms with Crippen molar-refractivity contribution in [2.75, 3.05) is 46.4 Å². The minimum atomic E-state index is -0.0153. The Hall–Kier alpha value is -0.650. The van der Waals surface area contributed by atoms with Crippen molar-refractivity contribution in [2.45, 2.75) is 39.8 Å². The van der Waals surface area contributed by atoms with Gasteiger partial charge in [-0.05, 0) is 26.8 Å². The summed E-state index contributed by atoms with van der Waals surface area (Å²) in [6.07, 6.45) is 0.0966. The molecular formula is C15H31N3O2. The Morgan fingerprint density at radius 3 is 2.25 bits per heavy atom. The highest BCUT2D eigenvalue weighted by atomic mass is 16.5. The first-order valence-corrected chi connectivity index (χ1v) is 7.71. The molecule has 1 saturated heterocycles. The van der Waals surface area contributed by atoms with E-state index in [0.717, 1.165) is 26.2 Å². The molecular weight excluding hydrogens is 254 g/mol. The molecule has 1 aliphatic rings. The summed E-state index contributed by atoms with van der Waals surface area (Å²) in [7, 11) is 2.16. The fourth-order valence-corrected chi connectivity index (χ4v) is 2.45. The van der Waals surface area contributed by atoms with Crippen molar-refractivity contribution in [1.29, 1.82) is 0 Å². The van der Waals surface area contributed by atoms with E-state index in [-0.39, 0.29) is 18.6 Å². The molecule has 1 rings (SSSR count). The number of hydrogen-bond donors (Lipinski definition) is 1. The maximum absolute atomic E-state index is 11.7. The molecule has 5 heteroatoms. The van der Waals surface area contributed by atoms with Crippen LogP contribution in [0.1, 0.15) is 27.7 Å². The summed E-state index contributed by atoms with van der Waals surface area (Å²) in [4.78, 5) is 16.6. The van der Waals surface area contributed by atoms with Crippen molar-refractivity contribution in [1.82, 2.24) is 15.1 Å². The highest BCUT2D eigenvalue weighted by Crippen LogP contribution is 2.12. The maximum Gasteiger partial charge on any atom is 0.246 e. The molecule has 0 saturated carbocycles. The van der Waals surface area contributed by atoms with Crippen LogP contribution < -0.4 is 5.32 Å². The van der Waals surface area contributed by atoms with Crippen LogP contribution in [0, 0.1) is 5.92 Å². The van der Waals surface area contributed by atoms with Crippen LogP contribution in [-0.4, -0.2) is 74.2 Å². The summed E-state index contributed by atoms with van der Waals surface area (Å²) in [6.45, 7) is 13.6. The van der Waals surface area contributed by atoms with Crippen LogP contribution in [0.2, 0.25) is 0 Å². The highest BCUT2D eigenvalue weighted by molar-refractivity contribution is 5.77. The molecule has 118 valence electrons. The lowest BCUT2D eigenvalue weighted by molar-refractivity contribution is -0.127. The van der Waals surface area contributed by atoms with Gasteiger partial charge in [-0.25, -0.2) is 0 Å². The summed E-state index contributed by atoms with van der Waals surface area (Å²) in [6, 6.07) is 0.409. The van der Waals surface area contributed by atoms with Crippen LogP contribution in [0.3, 0.4) is 0 Å². The number of carbonyl (C=O) groups is 1. The lowest BCUT2D eigenvalue weighted by atomic mass is 10.0. The van der Waals surface area contributed by atoms with Gasteiger partial charge in [0.25, 0.3) is 0 Å². The first-order chi connectivity index (χ1) is 9.40. The smallest absolute Gasteiger partial charge is 0.246 e. The number of rotatable bonds is 7. The fraction of sp³-hybridized carbons (Fsp3) is 0.933. The van der Waals surface area contributed by atoms with Gasteiger partial charge in [-0.15, -0.1) is 0 Å². The lowest BCUT2D eigenvalue weighted by Gasteiger charge is -2.39. The van der Waals surface area contributed by atoms with Crippen molar-refractivity contribution < 1.29 is 9.53 Å². The molecule has 1 fully saturated rings. The van der Waals surface area contributed by atoms with Crippen molar-refractivity contribution in [2.24, 2.45) is 5.92 Å². The normalized spacial score (nSPS) is 19.6. The molecule has 0 aromatic heterocycles. The molecule has 0 aromatic carbocycles. The lowest BCUT2D eigenvalue weighted by Crippen LogP contribution is -2.54. The molecule has 0 spiro atoms. The zero-order valence-electron chi connectivity index (χ0n) is 13.7. The van der Waals surface area contributed by atoms with E-state index < -0.39 is 0 Å². The molecule has 1 atom stereocenters. The highest BCUT2D eigenvalue weighted by Gasteiger charge is 2.25. The van der Waals surface area contributed by atoms with E-state index in [1.165, 1.54) is 0 Å². The number of carbonyl (C=O) groups excluding carboxylic acids is 1. The molecule has 1 amide bonds. The number of hydrogen-bond acceptors (Lipinski definition) is 4. The summed E-state index contributed by atoms with van der Waals surface area (Å²) in [5, 5.41) is 3.01. The van der Waals surface area contributed by atoms with Crippen LogP contribution in [0.4, 0.5) is 0 Å². The van der Waals surface area contributed by atoms with Crippen molar-refractivity contribution in [3.63, 3.8) is 0 Å². The van der Waals surface area contributed by atoms with E-state index in [4.69, 9.17) is 4.74 Å². The molecule has 0 bridgehead atoms. The van der Waals surface area contributed by atoms with Crippen LogP contribution >= 0.6 is 0 Å². The van der Waals surface area contributed by atoms with Gasteiger partial charge in [0.05, 0.1) is 6.10 Å². The molecule has 0 aromatic rings. The van der Waals surface area contributed by atoms with Crippen molar-refractivity contribution >= 4 is 5.91 Å². The van der Waals surface area contributed by atoms with E-state index in [9.17, 15) is 4.79 Å². The Balaban J connectivity index is 2.37. The first-order valence-electron chi connectivity index (χ1n) is 7.71. The molecule has 1 N–H and O–H groups in total. The molecule has 20 heavy (non-hydrogen) atoms. The fourth-order valence-electron chi connectivity index (χ4n) is 2.45. The third-order valence-corrected chi connectivity index (χ3v) is 3.83. The van der Waals surface area contributed by atoms with E-state index in [1.54, 1.807) is 0 Å². The third-order valence-electron chi connectivity index (χ3n) is 3.83. The van der Waals surface area contributed by atoms with Crippen LogP contribution in [-0.2, 0) is 9.53 Å². The first kappa shape index (κ1) is 17.4. The van der Waals surface area contributed by atoms with Gasteiger partial charge in [0, 0.05) is 38.8 Å². The number of piperazine rings is 1. The Kier molecular flexibility index (Phi) is 7.48. The molecule has 0 aliphatic carbocycles. The van der Waals surface area contributed by atoms with Gasteiger partial charge in [-0.1, -0.05) is 13.8 Å². The number of likely N-dealkylation sites (N-methyl/N-ethyl adjacent to an activating group) is 1. The third kappa shape index (κ3) is 6.20. The van der Waals surface area contributed by atoms with Gasteiger partial charge in [-0.2, -0.15) is 0 Å². The van der Waals surface area contributed by atoms with Crippen molar-refractivity contribution in [3.8, 4) is 0 Å². The zero-order valence-corrected chi connectivity index (χ0v) is 13.7. The quantitative estimate of drug-likeness (QED) is 0.751. The van der Waals surface area contributed by atoms with Crippen LogP contribution in [0.25, 0.3) is 0 Å². The van der Waals surface area contributed by atoms with E-state index >= 15 is 0 Å².